The normalized spacial score (nSPS) is 10.2. The fraction of sp³-hybridized carbons (Fsp3) is 0.217. The van der Waals surface area contributed by atoms with Crippen molar-refractivity contribution in [1.29, 1.82) is 0 Å². The van der Waals surface area contributed by atoms with Gasteiger partial charge in [0.05, 0.1) is 21.3 Å². The summed E-state index contributed by atoms with van der Waals surface area (Å²) in [5.41, 5.74) is 2.33. The second kappa shape index (κ2) is 10.2. The van der Waals surface area contributed by atoms with Gasteiger partial charge >= 0.3 is 0 Å². The summed E-state index contributed by atoms with van der Waals surface area (Å²) in [6.07, 6.45) is 1.65. The Balaban J connectivity index is 1.65. The highest BCUT2D eigenvalue weighted by Crippen LogP contribution is 2.38. The average Bonchev–Trinajstić information content (AvgIpc) is 2.81. The number of pyridine rings is 1. The highest BCUT2D eigenvalue weighted by atomic mass is 16.5. The number of amides is 1. The van der Waals surface area contributed by atoms with Crippen molar-refractivity contribution in [2.75, 3.05) is 21.3 Å². The zero-order valence-electron chi connectivity index (χ0n) is 17.2. The minimum absolute atomic E-state index is 0.266. The van der Waals surface area contributed by atoms with Gasteiger partial charge in [-0.05, 0) is 29.3 Å². The minimum atomic E-state index is -0.266. The molecule has 7 heteroatoms. The number of ether oxygens (including phenoxy) is 4. The molecule has 0 bridgehead atoms. The van der Waals surface area contributed by atoms with E-state index in [1.807, 2.05) is 36.4 Å². The minimum Gasteiger partial charge on any atom is -0.493 e. The van der Waals surface area contributed by atoms with Crippen LogP contribution in [0.1, 0.15) is 21.5 Å². The third kappa shape index (κ3) is 5.20. The summed E-state index contributed by atoms with van der Waals surface area (Å²) in [7, 11) is 4.53. The van der Waals surface area contributed by atoms with Gasteiger partial charge in [0, 0.05) is 24.4 Å². The van der Waals surface area contributed by atoms with Crippen molar-refractivity contribution in [1.82, 2.24) is 10.3 Å². The SMILES string of the molecule is COc1cc(C(=O)NCc2ccnc(OCc3ccccc3)c2)cc(OC)c1OC. The fourth-order valence-electron chi connectivity index (χ4n) is 2.87. The number of methoxy groups -OCH3 is 3. The van der Waals surface area contributed by atoms with Crippen LogP contribution in [-0.2, 0) is 13.2 Å². The molecule has 156 valence electrons. The van der Waals surface area contributed by atoms with E-state index in [1.165, 1.54) is 21.3 Å². The lowest BCUT2D eigenvalue weighted by Crippen LogP contribution is -2.23. The molecule has 2 aromatic carbocycles. The molecule has 0 aliphatic heterocycles. The Labute approximate surface area is 175 Å². The van der Waals surface area contributed by atoms with E-state index in [4.69, 9.17) is 18.9 Å². The van der Waals surface area contributed by atoms with Crippen LogP contribution in [0.3, 0.4) is 0 Å². The lowest BCUT2D eigenvalue weighted by molar-refractivity contribution is 0.0950. The summed E-state index contributed by atoms with van der Waals surface area (Å²) in [6.45, 7) is 0.745. The smallest absolute Gasteiger partial charge is 0.251 e. The monoisotopic (exact) mass is 408 g/mol. The van der Waals surface area contributed by atoms with Gasteiger partial charge in [-0.3, -0.25) is 4.79 Å². The van der Waals surface area contributed by atoms with Gasteiger partial charge in [-0.15, -0.1) is 0 Å². The average molecular weight is 408 g/mol. The molecule has 1 aromatic heterocycles. The van der Waals surface area contributed by atoms with Crippen molar-refractivity contribution < 1.29 is 23.7 Å². The molecule has 0 spiro atoms. The maximum absolute atomic E-state index is 12.6. The number of aromatic nitrogens is 1. The highest BCUT2D eigenvalue weighted by molar-refractivity contribution is 5.95. The molecule has 0 radical (unpaired) electrons. The number of hydrogen-bond donors (Lipinski definition) is 1. The predicted octanol–water partition coefficient (Wildman–Crippen LogP) is 3.62. The van der Waals surface area contributed by atoms with Crippen molar-refractivity contribution in [2.24, 2.45) is 0 Å². The lowest BCUT2D eigenvalue weighted by atomic mass is 10.1. The molecule has 0 unspecified atom stereocenters. The molecule has 0 aliphatic rings. The molecule has 3 aromatic rings. The maximum atomic E-state index is 12.6. The summed E-state index contributed by atoms with van der Waals surface area (Å²) in [5.74, 6) is 1.51. The third-order valence-electron chi connectivity index (χ3n) is 4.41. The summed E-state index contributed by atoms with van der Waals surface area (Å²) in [5, 5.41) is 2.88. The molecule has 1 amide bonds. The Kier molecular flexibility index (Phi) is 7.10. The zero-order chi connectivity index (χ0) is 21.3. The van der Waals surface area contributed by atoms with Crippen LogP contribution in [0.25, 0.3) is 0 Å². The molecule has 0 saturated heterocycles. The van der Waals surface area contributed by atoms with Crippen molar-refractivity contribution in [3.05, 3.63) is 77.5 Å². The Bertz CT molecular complexity index is 967. The third-order valence-corrected chi connectivity index (χ3v) is 4.41. The Hall–Kier alpha value is -3.74. The molecule has 0 aliphatic carbocycles. The Morgan fingerprint density at radius 2 is 1.60 bits per heavy atom. The van der Waals surface area contributed by atoms with Crippen molar-refractivity contribution >= 4 is 5.91 Å². The molecule has 0 fully saturated rings. The topological polar surface area (TPSA) is 78.9 Å². The van der Waals surface area contributed by atoms with E-state index in [-0.39, 0.29) is 5.91 Å². The quantitative estimate of drug-likeness (QED) is 0.583. The van der Waals surface area contributed by atoms with Gasteiger partial charge in [-0.1, -0.05) is 30.3 Å². The van der Waals surface area contributed by atoms with E-state index < -0.39 is 0 Å². The highest BCUT2D eigenvalue weighted by Gasteiger charge is 2.17. The van der Waals surface area contributed by atoms with Crippen LogP contribution in [0.15, 0.2) is 60.8 Å². The van der Waals surface area contributed by atoms with Crippen LogP contribution < -0.4 is 24.3 Å². The van der Waals surface area contributed by atoms with Crippen molar-refractivity contribution in [3.63, 3.8) is 0 Å². The van der Waals surface area contributed by atoms with Gasteiger partial charge in [0.2, 0.25) is 11.6 Å². The number of carbonyl (C=O) groups is 1. The first-order valence-corrected chi connectivity index (χ1v) is 9.34. The standard InChI is InChI=1S/C23H24N2O5/c1-27-19-12-18(13-20(28-2)22(19)29-3)23(26)25-14-17-9-10-24-21(11-17)30-15-16-7-5-4-6-8-16/h4-13H,14-15H2,1-3H3,(H,25,26). The van der Waals surface area contributed by atoms with Gasteiger partial charge < -0.3 is 24.3 Å². The molecule has 1 heterocycles. The molecule has 30 heavy (non-hydrogen) atoms. The summed E-state index contributed by atoms with van der Waals surface area (Å²) >= 11 is 0. The van der Waals surface area contributed by atoms with Crippen LogP contribution in [-0.4, -0.2) is 32.2 Å². The Morgan fingerprint density at radius 1 is 0.900 bits per heavy atom. The largest absolute Gasteiger partial charge is 0.493 e. The Morgan fingerprint density at radius 3 is 2.23 bits per heavy atom. The van der Waals surface area contributed by atoms with E-state index in [0.717, 1.165) is 11.1 Å². The molecule has 1 N–H and O–H groups in total. The van der Waals surface area contributed by atoms with Crippen LogP contribution in [0, 0.1) is 0 Å². The second-order valence-electron chi connectivity index (χ2n) is 6.37. The van der Waals surface area contributed by atoms with Gasteiger partial charge in [0.15, 0.2) is 11.5 Å². The van der Waals surface area contributed by atoms with E-state index in [0.29, 0.717) is 41.8 Å². The van der Waals surface area contributed by atoms with Crippen molar-refractivity contribution in [2.45, 2.75) is 13.2 Å². The van der Waals surface area contributed by atoms with Crippen LogP contribution in [0.4, 0.5) is 0 Å². The number of benzene rings is 2. The van der Waals surface area contributed by atoms with Gasteiger partial charge in [-0.2, -0.15) is 0 Å². The number of hydrogen-bond acceptors (Lipinski definition) is 6. The van der Waals surface area contributed by atoms with Gasteiger partial charge in [0.25, 0.3) is 5.91 Å². The van der Waals surface area contributed by atoms with Gasteiger partial charge in [-0.25, -0.2) is 4.98 Å². The predicted molar refractivity (Wildman–Crippen MR) is 112 cm³/mol. The van der Waals surface area contributed by atoms with Gasteiger partial charge in [0.1, 0.15) is 6.61 Å². The van der Waals surface area contributed by atoms with E-state index in [2.05, 4.69) is 10.3 Å². The summed E-state index contributed by atoms with van der Waals surface area (Å²) in [6, 6.07) is 16.7. The first kappa shape index (κ1) is 21.0. The molecule has 7 nitrogen and oxygen atoms in total. The number of nitrogens with one attached hydrogen (secondary N) is 1. The van der Waals surface area contributed by atoms with E-state index in [9.17, 15) is 4.79 Å². The first-order chi connectivity index (χ1) is 14.6. The fourth-order valence-corrected chi connectivity index (χ4v) is 2.87. The van der Waals surface area contributed by atoms with E-state index in [1.54, 1.807) is 24.4 Å². The second-order valence-corrected chi connectivity index (χ2v) is 6.37. The molecular formula is C23H24N2O5. The molecule has 0 saturated carbocycles. The van der Waals surface area contributed by atoms with Crippen molar-refractivity contribution in [3.8, 4) is 23.1 Å². The summed E-state index contributed by atoms with van der Waals surface area (Å²) < 4.78 is 21.6. The molecule has 0 atom stereocenters. The van der Waals surface area contributed by atoms with Crippen LogP contribution in [0.2, 0.25) is 0 Å². The van der Waals surface area contributed by atoms with Crippen LogP contribution in [0.5, 0.6) is 23.1 Å². The van der Waals surface area contributed by atoms with Crippen LogP contribution >= 0.6 is 0 Å². The lowest BCUT2D eigenvalue weighted by Gasteiger charge is -2.14. The first-order valence-electron chi connectivity index (χ1n) is 9.34. The van der Waals surface area contributed by atoms with E-state index >= 15 is 0 Å². The molecular weight excluding hydrogens is 384 g/mol. The maximum Gasteiger partial charge on any atom is 0.251 e. The zero-order valence-corrected chi connectivity index (χ0v) is 17.2. The number of carbonyl (C=O) groups excluding carboxylic acids is 1. The molecule has 3 rings (SSSR count). The summed E-state index contributed by atoms with van der Waals surface area (Å²) in [4.78, 5) is 16.9. The number of rotatable bonds is 9. The number of nitrogens with zero attached hydrogens (tertiary/aromatic N) is 1.